The summed E-state index contributed by atoms with van der Waals surface area (Å²) in [7, 11) is 0. The van der Waals surface area contributed by atoms with Gasteiger partial charge in [-0.2, -0.15) is 0 Å². The molecule has 0 unspecified atom stereocenters. The summed E-state index contributed by atoms with van der Waals surface area (Å²) in [5.41, 5.74) is 0.786. The van der Waals surface area contributed by atoms with Crippen molar-refractivity contribution >= 4 is 26.7 Å². The van der Waals surface area contributed by atoms with Gasteiger partial charge in [0.05, 0.1) is 6.10 Å². The zero-order valence-electron chi connectivity index (χ0n) is 11.6. The summed E-state index contributed by atoms with van der Waals surface area (Å²) in [5.74, 6) is 1.45. The van der Waals surface area contributed by atoms with Crippen LogP contribution in [0.2, 0.25) is 0 Å². The van der Waals surface area contributed by atoms with Crippen molar-refractivity contribution in [2.24, 2.45) is 0 Å². The molecule has 3 aromatic carbocycles. The van der Waals surface area contributed by atoms with Gasteiger partial charge in [0.1, 0.15) is 11.5 Å². The molecule has 0 saturated heterocycles. The van der Waals surface area contributed by atoms with Crippen molar-refractivity contribution in [3.05, 3.63) is 70.7 Å². The molecule has 0 fully saturated rings. The van der Waals surface area contributed by atoms with Gasteiger partial charge in [0.25, 0.3) is 0 Å². The third-order valence-electron chi connectivity index (χ3n) is 3.37. The third kappa shape index (κ3) is 3.09. The predicted octanol–water partition coefficient (Wildman–Crippen LogP) is 5.45. The maximum absolute atomic E-state index is 9.80. The van der Waals surface area contributed by atoms with Crippen molar-refractivity contribution in [2.75, 3.05) is 0 Å². The number of halogens is 1. The molecule has 3 aromatic rings. The van der Waals surface area contributed by atoms with Gasteiger partial charge >= 0.3 is 0 Å². The first-order chi connectivity index (χ1) is 10.1. The highest BCUT2D eigenvalue weighted by atomic mass is 79.9. The highest BCUT2D eigenvalue weighted by Gasteiger charge is 2.09. The lowest BCUT2D eigenvalue weighted by molar-refractivity contribution is 0.195. The molecule has 0 bridgehead atoms. The topological polar surface area (TPSA) is 29.5 Å². The Morgan fingerprint density at radius 2 is 1.67 bits per heavy atom. The molecule has 0 amide bonds. The summed E-state index contributed by atoms with van der Waals surface area (Å²) in [5, 5.41) is 12.1. The van der Waals surface area contributed by atoms with Gasteiger partial charge in [-0.25, -0.2) is 0 Å². The van der Waals surface area contributed by atoms with Gasteiger partial charge in [-0.3, -0.25) is 0 Å². The van der Waals surface area contributed by atoms with E-state index in [0.29, 0.717) is 5.75 Å². The normalized spacial score (nSPS) is 12.3. The maximum Gasteiger partial charge on any atom is 0.133 e. The fourth-order valence-corrected chi connectivity index (χ4v) is 2.68. The van der Waals surface area contributed by atoms with E-state index in [9.17, 15) is 5.11 Å². The fourth-order valence-electron chi connectivity index (χ4n) is 2.30. The summed E-state index contributed by atoms with van der Waals surface area (Å²) in [6, 6.07) is 19.6. The number of hydrogen-bond donors (Lipinski definition) is 1. The van der Waals surface area contributed by atoms with E-state index in [4.69, 9.17) is 4.74 Å². The van der Waals surface area contributed by atoms with Crippen LogP contribution >= 0.6 is 15.9 Å². The van der Waals surface area contributed by atoms with Crippen LogP contribution in [0.25, 0.3) is 10.8 Å². The number of aliphatic hydroxyl groups excluding tert-OH is 1. The molecule has 0 aliphatic rings. The Kier molecular flexibility index (Phi) is 3.95. The van der Waals surface area contributed by atoms with E-state index in [1.54, 1.807) is 6.92 Å². The maximum atomic E-state index is 9.80. The molecule has 1 atom stereocenters. The molecule has 0 spiro atoms. The van der Waals surface area contributed by atoms with E-state index in [0.717, 1.165) is 26.6 Å². The van der Waals surface area contributed by atoms with E-state index in [2.05, 4.69) is 22.0 Å². The second kappa shape index (κ2) is 5.88. The number of ether oxygens (including phenoxy) is 1. The van der Waals surface area contributed by atoms with Crippen LogP contribution in [-0.2, 0) is 0 Å². The molecule has 0 aromatic heterocycles. The molecule has 0 aliphatic heterocycles. The molecule has 0 saturated carbocycles. The highest BCUT2D eigenvalue weighted by molar-refractivity contribution is 9.10. The van der Waals surface area contributed by atoms with Gasteiger partial charge < -0.3 is 9.84 Å². The van der Waals surface area contributed by atoms with Gasteiger partial charge in [0.15, 0.2) is 0 Å². The van der Waals surface area contributed by atoms with Gasteiger partial charge in [-0.05, 0) is 48.0 Å². The van der Waals surface area contributed by atoms with E-state index in [-0.39, 0.29) is 0 Å². The van der Waals surface area contributed by atoms with Crippen molar-refractivity contribution in [1.29, 1.82) is 0 Å². The van der Waals surface area contributed by atoms with Crippen LogP contribution < -0.4 is 4.74 Å². The highest BCUT2D eigenvalue weighted by Crippen LogP contribution is 2.31. The number of fused-ring (bicyclic) bond motifs is 1. The van der Waals surface area contributed by atoms with Gasteiger partial charge in [0.2, 0.25) is 0 Å². The SMILES string of the molecule is C[C@@H](O)c1ccccc1Oc1ccc2cc(Br)ccc2c1. The molecule has 0 aliphatic carbocycles. The van der Waals surface area contributed by atoms with Crippen molar-refractivity contribution < 1.29 is 9.84 Å². The average molecular weight is 343 g/mol. The minimum Gasteiger partial charge on any atom is -0.457 e. The van der Waals surface area contributed by atoms with Crippen molar-refractivity contribution in [3.8, 4) is 11.5 Å². The van der Waals surface area contributed by atoms with Crippen molar-refractivity contribution in [3.63, 3.8) is 0 Å². The molecular formula is C18H15BrO2. The second-order valence-electron chi connectivity index (χ2n) is 4.97. The molecule has 3 heteroatoms. The largest absolute Gasteiger partial charge is 0.457 e. The molecule has 0 heterocycles. The Morgan fingerprint density at radius 1 is 0.952 bits per heavy atom. The summed E-state index contributed by atoms with van der Waals surface area (Å²) >= 11 is 3.47. The Hall–Kier alpha value is -1.84. The summed E-state index contributed by atoms with van der Waals surface area (Å²) in [4.78, 5) is 0. The van der Waals surface area contributed by atoms with Crippen LogP contribution in [0.1, 0.15) is 18.6 Å². The van der Waals surface area contributed by atoms with Gasteiger partial charge in [-0.15, -0.1) is 0 Å². The first-order valence-corrected chi connectivity index (χ1v) is 7.57. The number of aliphatic hydroxyl groups is 1. The molecule has 21 heavy (non-hydrogen) atoms. The number of rotatable bonds is 3. The molecular weight excluding hydrogens is 328 g/mol. The quantitative estimate of drug-likeness (QED) is 0.685. The van der Waals surface area contributed by atoms with Crippen LogP contribution in [0.4, 0.5) is 0 Å². The minimum absolute atomic E-state index is 0.558. The van der Waals surface area contributed by atoms with Crippen LogP contribution in [-0.4, -0.2) is 5.11 Å². The van der Waals surface area contributed by atoms with Crippen LogP contribution in [0.3, 0.4) is 0 Å². The van der Waals surface area contributed by atoms with Gasteiger partial charge in [-0.1, -0.05) is 46.3 Å². The molecule has 3 rings (SSSR count). The second-order valence-corrected chi connectivity index (χ2v) is 5.88. The van der Waals surface area contributed by atoms with Crippen molar-refractivity contribution in [2.45, 2.75) is 13.0 Å². The van der Waals surface area contributed by atoms with Crippen LogP contribution in [0.15, 0.2) is 65.1 Å². The van der Waals surface area contributed by atoms with E-state index in [1.807, 2.05) is 54.6 Å². The van der Waals surface area contributed by atoms with Crippen LogP contribution in [0, 0.1) is 0 Å². The smallest absolute Gasteiger partial charge is 0.133 e. The molecule has 106 valence electrons. The lowest BCUT2D eigenvalue weighted by atomic mass is 10.1. The fraction of sp³-hybridized carbons (Fsp3) is 0.111. The van der Waals surface area contributed by atoms with E-state index in [1.165, 1.54) is 0 Å². The lowest BCUT2D eigenvalue weighted by Gasteiger charge is -2.13. The number of hydrogen-bond acceptors (Lipinski definition) is 2. The Balaban J connectivity index is 1.97. The molecule has 1 N–H and O–H groups in total. The lowest BCUT2D eigenvalue weighted by Crippen LogP contribution is -1.95. The first-order valence-electron chi connectivity index (χ1n) is 6.77. The number of para-hydroxylation sites is 1. The Labute approximate surface area is 132 Å². The summed E-state index contributed by atoms with van der Waals surface area (Å²) in [6.45, 7) is 1.74. The van der Waals surface area contributed by atoms with Gasteiger partial charge in [0, 0.05) is 10.0 Å². The average Bonchev–Trinajstić information content (AvgIpc) is 2.48. The van der Waals surface area contributed by atoms with E-state index >= 15 is 0 Å². The Morgan fingerprint density at radius 3 is 2.48 bits per heavy atom. The van der Waals surface area contributed by atoms with Crippen LogP contribution in [0.5, 0.6) is 11.5 Å². The standard InChI is InChI=1S/C18H15BrO2/c1-12(20)17-4-2-3-5-18(17)21-16-9-7-13-10-15(19)8-6-14(13)11-16/h2-12,20H,1H3/t12-/m1/s1. The molecule has 2 nitrogen and oxygen atoms in total. The number of benzene rings is 3. The zero-order chi connectivity index (χ0) is 14.8. The third-order valence-corrected chi connectivity index (χ3v) is 3.86. The first kappa shape index (κ1) is 14.1. The zero-order valence-corrected chi connectivity index (χ0v) is 13.2. The minimum atomic E-state index is -0.558. The monoisotopic (exact) mass is 342 g/mol. The van der Waals surface area contributed by atoms with E-state index < -0.39 is 6.10 Å². The summed E-state index contributed by atoms with van der Waals surface area (Å²) in [6.07, 6.45) is -0.558. The Bertz CT molecular complexity index is 781. The summed E-state index contributed by atoms with van der Waals surface area (Å²) < 4.78 is 7.00. The molecule has 0 radical (unpaired) electrons. The van der Waals surface area contributed by atoms with Crippen molar-refractivity contribution in [1.82, 2.24) is 0 Å². The predicted molar refractivity (Wildman–Crippen MR) is 88.8 cm³/mol.